The predicted molar refractivity (Wildman–Crippen MR) is 113 cm³/mol. The lowest BCUT2D eigenvalue weighted by Gasteiger charge is -2.21. The first-order valence-electron chi connectivity index (χ1n) is 9.36. The number of halogens is 8. The number of allylic oxidation sites excluding steroid dienone is 2. The number of rotatable bonds is 6. The standard InChI is InChI=1S/C20H17ClF7N5O2/c1-7(29)16(17(21)31)33-18(34)11-5-12(22)10(6-14(11)35-8(2)19(23,24)25)13-3-9(20(26,27)28)4-15(30)32-13/h3-6,8,31H,29H2,1-2H3,(H2,30,32)(H,33,34)/b16-7-,31-17?/t8-/m0/s1. The minimum Gasteiger partial charge on any atom is -0.480 e. The Hall–Kier alpha value is -3.55. The highest BCUT2D eigenvalue weighted by atomic mass is 35.5. The number of aromatic nitrogens is 1. The number of amides is 1. The summed E-state index contributed by atoms with van der Waals surface area (Å²) in [4.78, 5) is 16.3. The molecule has 2 rings (SSSR count). The summed E-state index contributed by atoms with van der Waals surface area (Å²) in [7, 11) is 0. The van der Waals surface area contributed by atoms with Crippen LogP contribution in [0, 0.1) is 11.2 Å². The zero-order valence-corrected chi connectivity index (χ0v) is 18.6. The topological polar surface area (TPSA) is 127 Å². The Morgan fingerprint density at radius 2 is 1.77 bits per heavy atom. The molecule has 1 amide bonds. The van der Waals surface area contributed by atoms with Crippen LogP contribution in [-0.4, -0.2) is 28.3 Å². The molecule has 7 nitrogen and oxygen atoms in total. The molecule has 190 valence electrons. The van der Waals surface area contributed by atoms with Crippen LogP contribution in [0.25, 0.3) is 11.3 Å². The van der Waals surface area contributed by atoms with E-state index in [0.29, 0.717) is 31.2 Å². The summed E-state index contributed by atoms with van der Waals surface area (Å²) in [6.45, 7) is 1.85. The molecule has 0 saturated carbocycles. The zero-order chi connectivity index (χ0) is 26.9. The molecule has 0 radical (unpaired) electrons. The van der Waals surface area contributed by atoms with E-state index in [1.165, 1.54) is 6.92 Å². The molecule has 35 heavy (non-hydrogen) atoms. The van der Waals surface area contributed by atoms with Crippen LogP contribution in [0.15, 0.2) is 35.7 Å². The molecule has 1 heterocycles. The third-order valence-electron chi connectivity index (χ3n) is 4.38. The van der Waals surface area contributed by atoms with Crippen LogP contribution in [-0.2, 0) is 6.18 Å². The Labute approximate surface area is 198 Å². The fourth-order valence-corrected chi connectivity index (χ4v) is 2.84. The average molecular weight is 528 g/mol. The predicted octanol–water partition coefficient (Wildman–Crippen LogP) is 4.95. The molecule has 0 aliphatic rings. The SMILES string of the molecule is C/C(N)=C(/NC(=O)c1cc(F)c(-c2cc(C(F)(F)F)cc(N)n2)cc1O[C@@H](C)C(F)(F)F)C(=N)Cl. The number of carbonyl (C=O) groups is 1. The molecule has 0 aliphatic carbocycles. The van der Waals surface area contributed by atoms with Gasteiger partial charge < -0.3 is 21.5 Å². The van der Waals surface area contributed by atoms with Crippen molar-refractivity contribution in [3.63, 3.8) is 0 Å². The van der Waals surface area contributed by atoms with Crippen LogP contribution in [0.5, 0.6) is 5.75 Å². The second-order valence-corrected chi connectivity index (χ2v) is 7.50. The number of nitrogens with two attached hydrogens (primary N) is 2. The van der Waals surface area contributed by atoms with Crippen molar-refractivity contribution in [3.05, 3.63) is 52.6 Å². The van der Waals surface area contributed by atoms with Gasteiger partial charge in [-0.25, -0.2) is 9.37 Å². The first kappa shape index (κ1) is 27.7. The Bertz CT molecular complexity index is 1190. The van der Waals surface area contributed by atoms with Gasteiger partial charge in [0.05, 0.1) is 22.5 Å². The molecule has 0 aliphatic heterocycles. The molecule has 0 unspecified atom stereocenters. The van der Waals surface area contributed by atoms with Crippen LogP contribution in [0.1, 0.15) is 29.8 Å². The summed E-state index contributed by atoms with van der Waals surface area (Å²) in [5, 5.41) is 8.74. The summed E-state index contributed by atoms with van der Waals surface area (Å²) in [5.41, 5.74) is 6.85. The fourth-order valence-electron chi connectivity index (χ4n) is 2.64. The van der Waals surface area contributed by atoms with Crippen molar-refractivity contribution in [1.82, 2.24) is 10.3 Å². The third kappa shape index (κ3) is 6.74. The molecule has 1 atom stereocenters. The highest BCUT2D eigenvalue weighted by Gasteiger charge is 2.39. The fraction of sp³-hybridized carbons (Fsp3) is 0.250. The van der Waals surface area contributed by atoms with E-state index in [1.54, 1.807) is 0 Å². The lowest BCUT2D eigenvalue weighted by atomic mass is 10.0. The monoisotopic (exact) mass is 527 g/mol. The zero-order valence-electron chi connectivity index (χ0n) is 17.8. The van der Waals surface area contributed by atoms with Crippen molar-refractivity contribution in [3.8, 4) is 17.0 Å². The van der Waals surface area contributed by atoms with Crippen molar-refractivity contribution < 1.29 is 40.3 Å². The second-order valence-electron chi connectivity index (χ2n) is 7.12. The smallest absolute Gasteiger partial charge is 0.425 e. The van der Waals surface area contributed by atoms with Gasteiger partial charge in [0.2, 0.25) is 0 Å². The molecular formula is C20H17ClF7N5O2. The van der Waals surface area contributed by atoms with E-state index in [9.17, 15) is 35.5 Å². The first-order chi connectivity index (χ1) is 15.9. The Balaban J connectivity index is 2.71. The van der Waals surface area contributed by atoms with Crippen LogP contribution < -0.4 is 21.5 Å². The van der Waals surface area contributed by atoms with Gasteiger partial charge >= 0.3 is 12.4 Å². The van der Waals surface area contributed by atoms with Gasteiger partial charge in [0, 0.05) is 11.3 Å². The van der Waals surface area contributed by atoms with E-state index in [-0.39, 0.29) is 5.70 Å². The van der Waals surface area contributed by atoms with E-state index in [4.69, 9.17) is 33.2 Å². The van der Waals surface area contributed by atoms with Crippen molar-refractivity contribution in [2.45, 2.75) is 32.3 Å². The van der Waals surface area contributed by atoms with Crippen molar-refractivity contribution in [1.29, 1.82) is 5.41 Å². The van der Waals surface area contributed by atoms with Gasteiger partial charge in [-0.1, -0.05) is 11.6 Å². The maximum atomic E-state index is 14.9. The first-order valence-corrected chi connectivity index (χ1v) is 9.73. The summed E-state index contributed by atoms with van der Waals surface area (Å²) in [6, 6.07) is 1.93. The number of alkyl halides is 6. The molecule has 2 aromatic rings. The molecule has 0 saturated heterocycles. The van der Waals surface area contributed by atoms with Crippen molar-refractivity contribution in [2.75, 3.05) is 5.73 Å². The van der Waals surface area contributed by atoms with Crippen molar-refractivity contribution in [2.24, 2.45) is 5.73 Å². The number of hydrogen-bond acceptors (Lipinski definition) is 6. The number of pyridine rings is 1. The summed E-state index contributed by atoms with van der Waals surface area (Å²) in [6.07, 6.45) is -12.3. The molecule has 0 spiro atoms. The quantitative estimate of drug-likeness (QED) is 0.312. The van der Waals surface area contributed by atoms with Gasteiger partial charge in [-0.15, -0.1) is 0 Å². The molecule has 1 aromatic carbocycles. The third-order valence-corrected chi connectivity index (χ3v) is 4.57. The van der Waals surface area contributed by atoms with E-state index < -0.39 is 75.0 Å². The highest BCUT2D eigenvalue weighted by Crippen LogP contribution is 2.36. The van der Waals surface area contributed by atoms with Gasteiger partial charge in [-0.05, 0) is 38.1 Å². The van der Waals surface area contributed by atoms with Crippen LogP contribution >= 0.6 is 11.6 Å². The number of hydrogen-bond donors (Lipinski definition) is 4. The van der Waals surface area contributed by atoms with Gasteiger partial charge in [0.1, 0.15) is 22.6 Å². The van der Waals surface area contributed by atoms with E-state index in [2.05, 4.69) is 10.3 Å². The van der Waals surface area contributed by atoms with Crippen LogP contribution in [0.2, 0.25) is 0 Å². The maximum absolute atomic E-state index is 14.9. The number of anilines is 1. The van der Waals surface area contributed by atoms with E-state index in [1.807, 2.05) is 0 Å². The number of benzene rings is 1. The lowest BCUT2D eigenvalue weighted by molar-refractivity contribution is -0.189. The van der Waals surface area contributed by atoms with Gasteiger partial charge in [-0.2, -0.15) is 26.3 Å². The lowest BCUT2D eigenvalue weighted by Crippen LogP contribution is -2.33. The largest absolute Gasteiger partial charge is 0.480 e. The van der Waals surface area contributed by atoms with Gasteiger partial charge in [-0.3, -0.25) is 10.2 Å². The molecule has 0 bridgehead atoms. The second kappa shape index (κ2) is 9.98. The van der Waals surface area contributed by atoms with E-state index >= 15 is 0 Å². The Kier molecular flexibility index (Phi) is 7.89. The number of ether oxygens (including phenoxy) is 1. The molecule has 0 fully saturated rings. The number of nitrogens with one attached hydrogen (secondary N) is 2. The summed E-state index contributed by atoms with van der Waals surface area (Å²) < 4.78 is 98.5. The highest BCUT2D eigenvalue weighted by molar-refractivity contribution is 6.68. The molecule has 1 aromatic heterocycles. The maximum Gasteiger partial charge on any atom is 0.425 e. The van der Waals surface area contributed by atoms with Crippen LogP contribution in [0.3, 0.4) is 0 Å². The van der Waals surface area contributed by atoms with E-state index in [0.717, 1.165) is 0 Å². The average Bonchev–Trinajstić information content (AvgIpc) is 2.70. The molecule has 6 N–H and O–H groups in total. The summed E-state index contributed by atoms with van der Waals surface area (Å²) >= 11 is 5.52. The Morgan fingerprint density at radius 3 is 2.26 bits per heavy atom. The van der Waals surface area contributed by atoms with Crippen molar-refractivity contribution >= 4 is 28.5 Å². The van der Waals surface area contributed by atoms with Gasteiger partial charge in [0.15, 0.2) is 6.10 Å². The number of nitrogen functional groups attached to an aromatic ring is 1. The number of nitrogens with zero attached hydrogens (tertiary/aromatic N) is 1. The Morgan fingerprint density at radius 1 is 1.17 bits per heavy atom. The minimum atomic E-state index is -4.92. The van der Waals surface area contributed by atoms with Gasteiger partial charge in [0.25, 0.3) is 5.91 Å². The molecular weight excluding hydrogens is 511 g/mol. The summed E-state index contributed by atoms with van der Waals surface area (Å²) in [5.74, 6) is -4.08. The van der Waals surface area contributed by atoms with Crippen LogP contribution in [0.4, 0.5) is 36.6 Å². The normalized spacial score (nSPS) is 13.7. The molecule has 15 heteroatoms. The minimum absolute atomic E-state index is 0.148. The number of carbonyl (C=O) groups excluding carboxylic acids is 1.